The van der Waals surface area contributed by atoms with Gasteiger partial charge in [-0.15, -0.1) is 0 Å². The standard InChI is InChI=1S/C21H12F5N5O2/c22-14-15(23)17(25)20(18(26)16(14)24)33-12-3-1-2-10(7-12)6-11(8-27)19-13(9-28)21(29)31(30-19)4-5-32/h1-3,6-7,32H,4-5,29H2/b11-6+. The molecule has 0 atom stereocenters. The Balaban J connectivity index is 2.02. The van der Waals surface area contributed by atoms with Crippen LogP contribution in [0.4, 0.5) is 27.8 Å². The normalized spacial score (nSPS) is 11.2. The lowest BCUT2D eigenvalue weighted by atomic mass is 10.1. The number of hydrogen-bond donors (Lipinski definition) is 2. The number of aliphatic hydroxyl groups excluding tert-OH is 1. The van der Waals surface area contributed by atoms with Crippen LogP contribution in [0.1, 0.15) is 16.8 Å². The summed E-state index contributed by atoms with van der Waals surface area (Å²) in [6, 6.07) is 8.81. The average Bonchev–Trinajstić information content (AvgIpc) is 3.13. The number of nitrogens with two attached hydrogens (primary N) is 1. The molecule has 0 fully saturated rings. The van der Waals surface area contributed by atoms with Crippen LogP contribution in [0.5, 0.6) is 11.5 Å². The molecule has 3 N–H and O–H groups in total. The van der Waals surface area contributed by atoms with Crippen LogP contribution >= 0.6 is 0 Å². The van der Waals surface area contributed by atoms with Crippen LogP contribution in [0, 0.1) is 51.7 Å². The maximum atomic E-state index is 13.9. The zero-order valence-corrected chi connectivity index (χ0v) is 16.4. The molecule has 1 aromatic heterocycles. The minimum Gasteiger partial charge on any atom is -0.451 e. The van der Waals surface area contributed by atoms with Crippen molar-refractivity contribution in [1.29, 1.82) is 10.5 Å². The molecule has 3 rings (SSSR count). The first-order valence-electron chi connectivity index (χ1n) is 9.02. The van der Waals surface area contributed by atoms with Crippen molar-refractivity contribution in [2.24, 2.45) is 0 Å². The molecule has 33 heavy (non-hydrogen) atoms. The molecule has 0 bridgehead atoms. The summed E-state index contributed by atoms with van der Waals surface area (Å²) in [5.74, 6) is -12.8. The van der Waals surface area contributed by atoms with Crippen molar-refractivity contribution in [3.8, 4) is 23.6 Å². The van der Waals surface area contributed by atoms with Gasteiger partial charge in [0.15, 0.2) is 0 Å². The van der Waals surface area contributed by atoms with Crippen LogP contribution in [-0.4, -0.2) is 21.5 Å². The predicted octanol–water partition coefficient (Wildman–Crippen LogP) is 3.88. The summed E-state index contributed by atoms with van der Waals surface area (Å²) in [4.78, 5) is 0. The van der Waals surface area contributed by atoms with Crippen molar-refractivity contribution in [3.05, 3.63) is 70.2 Å². The fourth-order valence-electron chi connectivity index (χ4n) is 2.82. The lowest BCUT2D eigenvalue weighted by Gasteiger charge is -2.10. The van der Waals surface area contributed by atoms with Crippen LogP contribution in [0.15, 0.2) is 24.3 Å². The molecular formula is C21H12F5N5O2. The highest BCUT2D eigenvalue weighted by molar-refractivity contribution is 5.91. The summed E-state index contributed by atoms with van der Waals surface area (Å²) in [5, 5.41) is 32.0. The monoisotopic (exact) mass is 461 g/mol. The van der Waals surface area contributed by atoms with Crippen molar-refractivity contribution < 1.29 is 31.8 Å². The van der Waals surface area contributed by atoms with E-state index in [1.807, 2.05) is 12.1 Å². The molecule has 0 unspecified atom stereocenters. The Kier molecular flexibility index (Phi) is 6.61. The van der Waals surface area contributed by atoms with Crippen molar-refractivity contribution >= 4 is 17.5 Å². The number of benzene rings is 2. The van der Waals surface area contributed by atoms with Gasteiger partial charge in [0.25, 0.3) is 0 Å². The van der Waals surface area contributed by atoms with Crippen LogP contribution in [0.3, 0.4) is 0 Å². The Morgan fingerprint density at radius 3 is 2.30 bits per heavy atom. The summed E-state index contributed by atoms with van der Waals surface area (Å²) in [6.45, 7) is -0.344. The number of nitriles is 2. The summed E-state index contributed by atoms with van der Waals surface area (Å²) >= 11 is 0. The molecule has 0 aliphatic carbocycles. The fourth-order valence-corrected chi connectivity index (χ4v) is 2.82. The molecule has 12 heteroatoms. The number of halogens is 5. The van der Waals surface area contributed by atoms with E-state index in [-0.39, 0.29) is 47.1 Å². The Morgan fingerprint density at radius 2 is 1.73 bits per heavy atom. The number of aliphatic hydroxyl groups is 1. The molecule has 7 nitrogen and oxygen atoms in total. The lowest BCUT2D eigenvalue weighted by Crippen LogP contribution is -2.07. The quantitative estimate of drug-likeness (QED) is 0.249. The first kappa shape index (κ1) is 23.2. The van der Waals surface area contributed by atoms with Crippen molar-refractivity contribution in [3.63, 3.8) is 0 Å². The molecule has 0 spiro atoms. The Morgan fingerprint density at radius 1 is 1.09 bits per heavy atom. The highest BCUT2D eigenvalue weighted by atomic mass is 19.2. The highest BCUT2D eigenvalue weighted by Crippen LogP contribution is 2.33. The topological polar surface area (TPSA) is 121 Å². The largest absolute Gasteiger partial charge is 0.451 e. The third-order valence-corrected chi connectivity index (χ3v) is 4.35. The van der Waals surface area contributed by atoms with Gasteiger partial charge in [-0.25, -0.2) is 17.9 Å². The number of allylic oxidation sites excluding steroid dienone is 1. The molecule has 2 aromatic carbocycles. The third-order valence-electron chi connectivity index (χ3n) is 4.35. The zero-order valence-electron chi connectivity index (χ0n) is 16.4. The van der Waals surface area contributed by atoms with Crippen molar-refractivity contribution in [2.75, 3.05) is 12.3 Å². The van der Waals surface area contributed by atoms with Gasteiger partial charge < -0.3 is 15.6 Å². The first-order valence-corrected chi connectivity index (χ1v) is 9.02. The summed E-state index contributed by atoms with van der Waals surface area (Å²) < 4.78 is 73.8. The molecule has 0 aliphatic heterocycles. The van der Waals surface area contributed by atoms with Gasteiger partial charge in [-0.3, -0.25) is 0 Å². The van der Waals surface area contributed by atoms with Gasteiger partial charge in [0.05, 0.1) is 18.7 Å². The number of hydrogen-bond acceptors (Lipinski definition) is 6. The maximum absolute atomic E-state index is 13.9. The number of nitrogens with zero attached hydrogens (tertiary/aromatic N) is 4. The van der Waals surface area contributed by atoms with Crippen LogP contribution in [-0.2, 0) is 6.54 Å². The lowest BCUT2D eigenvalue weighted by molar-refractivity contribution is 0.270. The second kappa shape index (κ2) is 9.38. The molecule has 1 heterocycles. The summed E-state index contributed by atoms with van der Waals surface area (Å²) in [7, 11) is 0. The SMILES string of the molecule is N#C/C(=C\c1cccc(Oc2c(F)c(F)c(F)c(F)c2F)c1)c1nn(CCO)c(N)c1C#N. The Labute approximate surface area is 183 Å². The van der Waals surface area contributed by atoms with Gasteiger partial charge in [-0.05, 0) is 23.8 Å². The van der Waals surface area contributed by atoms with Crippen LogP contribution < -0.4 is 10.5 Å². The second-order valence-electron chi connectivity index (χ2n) is 6.41. The first-order chi connectivity index (χ1) is 15.7. The number of aromatic nitrogens is 2. The molecule has 0 aliphatic rings. The molecular weight excluding hydrogens is 449 g/mol. The summed E-state index contributed by atoms with van der Waals surface area (Å²) in [5.41, 5.74) is 5.73. The molecule has 0 saturated heterocycles. The van der Waals surface area contributed by atoms with Gasteiger partial charge in [0, 0.05) is 0 Å². The van der Waals surface area contributed by atoms with E-state index >= 15 is 0 Å². The Hall–Kier alpha value is -4.42. The van der Waals surface area contributed by atoms with Crippen molar-refractivity contribution in [1.82, 2.24) is 9.78 Å². The van der Waals surface area contributed by atoms with E-state index in [1.165, 1.54) is 24.3 Å². The van der Waals surface area contributed by atoms with Crippen molar-refractivity contribution in [2.45, 2.75) is 6.54 Å². The van der Waals surface area contributed by atoms with E-state index in [9.17, 15) is 32.5 Å². The van der Waals surface area contributed by atoms with E-state index in [4.69, 9.17) is 15.6 Å². The molecule has 3 aromatic rings. The van der Waals surface area contributed by atoms with E-state index in [0.717, 1.165) is 10.7 Å². The van der Waals surface area contributed by atoms with E-state index in [1.54, 1.807) is 0 Å². The van der Waals surface area contributed by atoms with Gasteiger partial charge >= 0.3 is 0 Å². The third kappa shape index (κ3) is 4.33. The maximum Gasteiger partial charge on any atom is 0.207 e. The number of nitrogen functional groups attached to an aromatic ring is 1. The smallest absolute Gasteiger partial charge is 0.207 e. The summed E-state index contributed by atoms with van der Waals surface area (Å²) in [6.07, 6.45) is 1.25. The van der Waals surface area contributed by atoms with E-state index < -0.39 is 34.8 Å². The minimum atomic E-state index is -2.32. The molecule has 168 valence electrons. The number of rotatable bonds is 6. The molecule has 0 saturated carbocycles. The highest BCUT2D eigenvalue weighted by Gasteiger charge is 2.27. The van der Waals surface area contributed by atoms with Crippen LogP contribution in [0.2, 0.25) is 0 Å². The number of anilines is 1. The van der Waals surface area contributed by atoms with E-state index in [2.05, 4.69) is 5.10 Å². The zero-order chi connectivity index (χ0) is 24.3. The predicted molar refractivity (Wildman–Crippen MR) is 105 cm³/mol. The minimum absolute atomic E-state index is 0.0233. The van der Waals surface area contributed by atoms with Gasteiger partial charge in [0.1, 0.15) is 35.0 Å². The van der Waals surface area contributed by atoms with Gasteiger partial charge in [-0.1, -0.05) is 12.1 Å². The molecule has 0 amide bonds. The van der Waals surface area contributed by atoms with Crippen LogP contribution in [0.25, 0.3) is 11.6 Å². The van der Waals surface area contributed by atoms with Gasteiger partial charge in [0.2, 0.25) is 34.8 Å². The second-order valence-corrected chi connectivity index (χ2v) is 6.41. The fraction of sp³-hybridized carbons (Fsp3) is 0.0952. The van der Waals surface area contributed by atoms with Gasteiger partial charge in [-0.2, -0.15) is 24.4 Å². The molecule has 0 radical (unpaired) electrons. The number of ether oxygens (including phenoxy) is 1. The average molecular weight is 461 g/mol. The van der Waals surface area contributed by atoms with E-state index in [0.29, 0.717) is 0 Å². The Bertz CT molecular complexity index is 1330.